The number of ether oxygens (including phenoxy) is 2. The van der Waals surface area contributed by atoms with Gasteiger partial charge in [0.2, 0.25) is 5.88 Å². The average Bonchev–Trinajstić information content (AvgIpc) is 2.42. The molecule has 0 atom stereocenters. The summed E-state index contributed by atoms with van der Waals surface area (Å²) in [5.74, 6) is 0.902. The number of aryl methyl sites for hydroxylation is 2. The van der Waals surface area contributed by atoms with Crippen molar-refractivity contribution >= 4 is 5.97 Å². The van der Waals surface area contributed by atoms with E-state index in [1.807, 2.05) is 31.2 Å². The average molecular weight is 272 g/mol. The van der Waals surface area contributed by atoms with Gasteiger partial charge in [-0.05, 0) is 32.4 Å². The summed E-state index contributed by atoms with van der Waals surface area (Å²) >= 11 is 0. The quantitative estimate of drug-likeness (QED) is 0.800. The predicted molar refractivity (Wildman–Crippen MR) is 74.0 cm³/mol. The Balaban J connectivity index is 2.37. The maximum Gasteiger partial charge on any atom is 0.345 e. The number of aromatic nitrogens is 2. The van der Waals surface area contributed by atoms with E-state index >= 15 is 0 Å². The molecule has 0 aliphatic rings. The smallest absolute Gasteiger partial charge is 0.345 e. The van der Waals surface area contributed by atoms with E-state index in [4.69, 9.17) is 9.47 Å². The molecule has 0 radical (unpaired) electrons. The van der Waals surface area contributed by atoms with Gasteiger partial charge in [-0.15, -0.1) is 0 Å². The molecular weight excluding hydrogens is 256 g/mol. The molecule has 5 nitrogen and oxygen atoms in total. The second-order valence-electron chi connectivity index (χ2n) is 4.22. The Morgan fingerprint density at radius 1 is 1.25 bits per heavy atom. The number of hydrogen-bond acceptors (Lipinski definition) is 5. The van der Waals surface area contributed by atoms with Gasteiger partial charge in [0.25, 0.3) is 0 Å². The molecule has 1 aromatic heterocycles. The molecule has 5 heteroatoms. The number of hydrogen-bond donors (Lipinski definition) is 0. The molecule has 0 aliphatic heterocycles. The largest absolute Gasteiger partial charge is 0.462 e. The van der Waals surface area contributed by atoms with Crippen LogP contribution in [-0.2, 0) is 4.74 Å². The van der Waals surface area contributed by atoms with Crippen LogP contribution in [0, 0.1) is 13.8 Å². The standard InChI is InChI=1S/C15H16N2O3/c1-4-19-15(18)12-9-16-11(3)17-14(12)20-13-8-6-5-7-10(13)2/h5-9H,4H2,1-3H3. The Labute approximate surface area is 117 Å². The summed E-state index contributed by atoms with van der Waals surface area (Å²) in [5.41, 5.74) is 1.18. The van der Waals surface area contributed by atoms with Crippen molar-refractivity contribution in [1.29, 1.82) is 0 Å². The lowest BCUT2D eigenvalue weighted by Gasteiger charge is -2.11. The van der Waals surface area contributed by atoms with Crippen molar-refractivity contribution in [1.82, 2.24) is 9.97 Å². The Bertz CT molecular complexity index is 626. The molecule has 104 valence electrons. The van der Waals surface area contributed by atoms with E-state index in [1.54, 1.807) is 13.8 Å². The van der Waals surface area contributed by atoms with E-state index in [9.17, 15) is 4.79 Å². The molecule has 0 spiro atoms. The molecule has 0 saturated heterocycles. The zero-order valence-corrected chi connectivity index (χ0v) is 11.7. The molecule has 0 saturated carbocycles. The number of benzene rings is 1. The summed E-state index contributed by atoms with van der Waals surface area (Å²) in [5, 5.41) is 0. The fourth-order valence-electron chi connectivity index (χ4n) is 1.65. The topological polar surface area (TPSA) is 61.3 Å². The minimum Gasteiger partial charge on any atom is -0.462 e. The molecule has 20 heavy (non-hydrogen) atoms. The van der Waals surface area contributed by atoms with E-state index in [2.05, 4.69) is 9.97 Å². The van der Waals surface area contributed by atoms with Crippen LogP contribution in [0.25, 0.3) is 0 Å². The predicted octanol–water partition coefficient (Wildman–Crippen LogP) is 3.06. The van der Waals surface area contributed by atoms with Crippen molar-refractivity contribution in [2.24, 2.45) is 0 Å². The molecule has 2 aromatic rings. The zero-order chi connectivity index (χ0) is 14.5. The molecule has 0 N–H and O–H groups in total. The van der Waals surface area contributed by atoms with Gasteiger partial charge in [0.15, 0.2) is 0 Å². The normalized spacial score (nSPS) is 10.2. The third-order valence-electron chi connectivity index (χ3n) is 2.67. The second kappa shape index (κ2) is 6.14. The second-order valence-corrected chi connectivity index (χ2v) is 4.22. The Kier molecular flexibility index (Phi) is 4.30. The van der Waals surface area contributed by atoms with Crippen molar-refractivity contribution in [3.8, 4) is 11.6 Å². The summed E-state index contributed by atoms with van der Waals surface area (Å²) in [6.45, 7) is 5.69. The number of carbonyl (C=O) groups is 1. The Morgan fingerprint density at radius 3 is 2.70 bits per heavy atom. The fourth-order valence-corrected chi connectivity index (χ4v) is 1.65. The van der Waals surface area contributed by atoms with Gasteiger partial charge < -0.3 is 9.47 Å². The number of carbonyl (C=O) groups excluding carboxylic acids is 1. The first kappa shape index (κ1) is 14.0. The molecule has 0 fully saturated rings. The minimum atomic E-state index is -0.490. The van der Waals surface area contributed by atoms with Gasteiger partial charge in [-0.3, -0.25) is 0 Å². The van der Waals surface area contributed by atoms with Crippen LogP contribution in [0.1, 0.15) is 28.7 Å². The monoisotopic (exact) mass is 272 g/mol. The maximum absolute atomic E-state index is 11.9. The van der Waals surface area contributed by atoms with Crippen LogP contribution in [0.2, 0.25) is 0 Å². The van der Waals surface area contributed by atoms with Crippen molar-refractivity contribution in [2.45, 2.75) is 20.8 Å². The maximum atomic E-state index is 11.9. The molecular formula is C15H16N2O3. The highest BCUT2D eigenvalue weighted by atomic mass is 16.5. The first-order chi connectivity index (χ1) is 9.61. The molecule has 0 aliphatic carbocycles. The number of esters is 1. The van der Waals surface area contributed by atoms with Gasteiger partial charge in [0.05, 0.1) is 6.61 Å². The molecule has 1 heterocycles. The highest BCUT2D eigenvalue weighted by molar-refractivity contribution is 5.91. The van der Waals surface area contributed by atoms with Crippen LogP contribution in [0.4, 0.5) is 0 Å². The van der Waals surface area contributed by atoms with E-state index < -0.39 is 5.97 Å². The minimum absolute atomic E-state index is 0.213. The van der Waals surface area contributed by atoms with Crippen molar-refractivity contribution in [2.75, 3.05) is 6.61 Å². The van der Waals surface area contributed by atoms with Gasteiger partial charge in [0, 0.05) is 6.20 Å². The van der Waals surface area contributed by atoms with Crippen LogP contribution in [-0.4, -0.2) is 22.5 Å². The Morgan fingerprint density at radius 2 is 2.00 bits per heavy atom. The highest BCUT2D eigenvalue weighted by Crippen LogP contribution is 2.26. The molecule has 1 aromatic carbocycles. The Hall–Kier alpha value is -2.43. The van der Waals surface area contributed by atoms with Gasteiger partial charge >= 0.3 is 5.97 Å². The van der Waals surface area contributed by atoms with E-state index in [0.29, 0.717) is 11.6 Å². The number of nitrogens with zero attached hydrogens (tertiary/aromatic N) is 2. The molecule has 2 rings (SSSR count). The van der Waals surface area contributed by atoms with Crippen LogP contribution in [0.15, 0.2) is 30.5 Å². The summed E-state index contributed by atoms with van der Waals surface area (Å²) in [7, 11) is 0. The third kappa shape index (κ3) is 3.12. The van der Waals surface area contributed by atoms with Gasteiger partial charge in [0.1, 0.15) is 17.1 Å². The first-order valence-electron chi connectivity index (χ1n) is 6.36. The summed E-state index contributed by atoms with van der Waals surface area (Å²) < 4.78 is 10.7. The zero-order valence-electron chi connectivity index (χ0n) is 11.7. The van der Waals surface area contributed by atoms with Crippen molar-refractivity contribution in [3.63, 3.8) is 0 Å². The number of para-hydroxylation sites is 1. The third-order valence-corrected chi connectivity index (χ3v) is 2.67. The molecule has 0 unspecified atom stereocenters. The van der Waals surface area contributed by atoms with Crippen molar-refractivity contribution in [3.05, 3.63) is 47.4 Å². The van der Waals surface area contributed by atoms with E-state index in [0.717, 1.165) is 5.56 Å². The van der Waals surface area contributed by atoms with Crippen LogP contribution < -0.4 is 4.74 Å². The molecule has 0 bridgehead atoms. The van der Waals surface area contributed by atoms with Gasteiger partial charge in [-0.2, -0.15) is 4.98 Å². The SMILES string of the molecule is CCOC(=O)c1cnc(C)nc1Oc1ccccc1C. The lowest BCUT2D eigenvalue weighted by atomic mass is 10.2. The lowest BCUT2D eigenvalue weighted by Crippen LogP contribution is -2.09. The van der Waals surface area contributed by atoms with Gasteiger partial charge in [-0.25, -0.2) is 9.78 Å². The van der Waals surface area contributed by atoms with Crippen LogP contribution in [0.5, 0.6) is 11.6 Å². The summed E-state index contributed by atoms with van der Waals surface area (Å²) in [6.07, 6.45) is 1.42. The first-order valence-corrected chi connectivity index (χ1v) is 6.36. The van der Waals surface area contributed by atoms with Crippen molar-refractivity contribution < 1.29 is 14.3 Å². The van der Waals surface area contributed by atoms with E-state index in [-0.39, 0.29) is 18.1 Å². The van der Waals surface area contributed by atoms with E-state index in [1.165, 1.54) is 6.20 Å². The fraction of sp³-hybridized carbons (Fsp3) is 0.267. The molecule has 0 amide bonds. The van der Waals surface area contributed by atoms with Gasteiger partial charge in [-0.1, -0.05) is 18.2 Å². The summed E-state index contributed by atoms with van der Waals surface area (Å²) in [6, 6.07) is 7.52. The van der Waals surface area contributed by atoms with Crippen LogP contribution >= 0.6 is 0 Å². The highest BCUT2D eigenvalue weighted by Gasteiger charge is 2.17. The lowest BCUT2D eigenvalue weighted by molar-refractivity contribution is 0.0522. The number of rotatable bonds is 4. The summed E-state index contributed by atoms with van der Waals surface area (Å²) in [4.78, 5) is 20.1. The van der Waals surface area contributed by atoms with Crippen LogP contribution in [0.3, 0.4) is 0 Å².